The lowest BCUT2D eigenvalue weighted by atomic mass is 10.2. The van der Waals surface area contributed by atoms with Crippen molar-refractivity contribution in [1.29, 1.82) is 0 Å². The van der Waals surface area contributed by atoms with Gasteiger partial charge in [0.15, 0.2) is 0 Å². The van der Waals surface area contributed by atoms with E-state index in [9.17, 15) is 9.18 Å². The van der Waals surface area contributed by atoms with E-state index < -0.39 is 11.7 Å². The Morgan fingerprint density at radius 1 is 1.38 bits per heavy atom. The predicted octanol–water partition coefficient (Wildman–Crippen LogP) is 2.25. The van der Waals surface area contributed by atoms with Crippen LogP contribution in [0.15, 0.2) is 12.1 Å². The first-order valence-electron chi connectivity index (χ1n) is 3.15. The summed E-state index contributed by atoms with van der Waals surface area (Å²) in [5.74, 6) is -1.66. The van der Waals surface area contributed by atoms with Gasteiger partial charge in [0.2, 0.25) is 0 Å². The number of hydrogen-bond acceptors (Lipinski definition) is 2. The van der Waals surface area contributed by atoms with Gasteiger partial charge in [-0.05, 0) is 12.1 Å². The first-order chi connectivity index (χ1) is 6.06. The summed E-state index contributed by atoms with van der Waals surface area (Å²) in [5, 5.41) is 8.05. The Labute approximate surface area is 83.0 Å². The normalized spacial score (nSPS) is 9.85. The Balaban J connectivity index is 3.23. The molecule has 1 amide bonds. The number of halogens is 3. The minimum Gasteiger partial charge on any atom is -0.288 e. The molecule has 0 saturated carbocycles. The third kappa shape index (κ3) is 2.09. The number of carbonyl (C=O) groups excluding carboxylic acids is 1. The van der Waals surface area contributed by atoms with Crippen LogP contribution < -0.4 is 5.48 Å². The minimum atomic E-state index is -0.888. The molecule has 0 heterocycles. The SMILES string of the molecule is O=C(NO)c1cc(F)c(Cl)cc1Cl. The van der Waals surface area contributed by atoms with E-state index in [0.717, 1.165) is 12.1 Å². The minimum absolute atomic E-state index is 0.0297. The highest BCUT2D eigenvalue weighted by Gasteiger charge is 2.12. The largest absolute Gasteiger partial charge is 0.288 e. The number of hydrogen-bond donors (Lipinski definition) is 2. The molecule has 0 aliphatic carbocycles. The lowest BCUT2D eigenvalue weighted by Gasteiger charge is -2.02. The van der Waals surface area contributed by atoms with Gasteiger partial charge in [-0.1, -0.05) is 23.2 Å². The molecule has 0 unspecified atom stereocenters. The highest BCUT2D eigenvalue weighted by Crippen LogP contribution is 2.23. The predicted molar refractivity (Wildman–Crippen MR) is 45.7 cm³/mol. The first kappa shape index (κ1) is 10.2. The molecule has 0 fully saturated rings. The van der Waals surface area contributed by atoms with Crippen LogP contribution in [0.1, 0.15) is 10.4 Å². The molecule has 0 bridgehead atoms. The molecule has 0 radical (unpaired) electrons. The number of carbonyl (C=O) groups is 1. The fraction of sp³-hybridized carbons (Fsp3) is 0. The molecule has 0 saturated heterocycles. The van der Waals surface area contributed by atoms with Gasteiger partial charge in [0.05, 0.1) is 15.6 Å². The Morgan fingerprint density at radius 2 is 2.00 bits per heavy atom. The lowest BCUT2D eigenvalue weighted by molar-refractivity contribution is 0.0706. The maximum atomic E-state index is 12.8. The van der Waals surface area contributed by atoms with Gasteiger partial charge in [-0.15, -0.1) is 0 Å². The van der Waals surface area contributed by atoms with Crippen LogP contribution in [-0.4, -0.2) is 11.1 Å². The summed E-state index contributed by atoms with van der Waals surface area (Å²) in [5.41, 5.74) is 1.16. The summed E-state index contributed by atoms with van der Waals surface area (Å²) in [6, 6.07) is 1.93. The van der Waals surface area contributed by atoms with E-state index in [1.165, 1.54) is 5.48 Å². The Hall–Kier alpha value is -0.840. The highest BCUT2D eigenvalue weighted by atomic mass is 35.5. The van der Waals surface area contributed by atoms with Crippen LogP contribution in [0.3, 0.4) is 0 Å². The molecule has 0 atom stereocenters. The average Bonchev–Trinajstić information content (AvgIpc) is 2.10. The molecule has 0 aliphatic heterocycles. The average molecular weight is 224 g/mol. The smallest absolute Gasteiger partial charge is 0.276 e. The van der Waals surface area contributed by atoms with Crippen LogP contribution in [-0.2, 0) is 0 Å². The molecule has 1 aromatic carbocycles. The van der Waals surface area contributed by atoms with E-state index in [-0.39, 0.29) is 15.6 Å². The maximum absolute atomic E-state index is 12.8. The second-order valence-corrected chi connectivity index (χ2v) is 3.00. The summed E-state index contributed by atoms with van der Waals surface area (Å²) in [6.07, 6.45) is 0. The van der Waals surface area contributed by atoms with Crippen LogP contribution in [0.5, 0.6) is 0 Å². The quantitative estimate of drug-likeness (QED) is 0.436. The molecule has 1 aromatic rings. The van der Waals surface area contributed by atoms with Crippen molar-refractivity contribution in [3.8, 4) is 0 Å². The number of rotatable bonds is 1. The van der Waals surface area contributed by atoms with E-state index in [0.29, 0.717) is 0 Å². The van der Waals surface area contributed by atoms with Crippen molar-refractivity contribution in [2.24, 2.45) is 0 Å². The maximum Gasteiger partial charge on any atom is 0.276 e. The Kier molecular flexibility index (Phi) is 3.08. The molecular formula is C7H4Cl2FNO2. The van der Waals surface area contributed by atoms with Gasteiger partial charge in [-0.3, -0.25) is 10.0 Å². The van der Waals surface area contributed by atoms with Crippen LogP contribution in [0.25, 0.3) is 0 Å². The van der Waals surface area contributed by atoms with Crippen LogP contribution in [0, 0.1) is 5.82 Å². The number of nitrogens with one attached hydrogen (secondary N) is 1. The molecule has 70 valence electrons. The molecule has 2 N–H and O–H groups in total. The standard InChI is InChI=1S/C7H4Cl2FNO2/c8-4-2-5(9)6(10)1-3(4)7(12)11-13/h1-2,13H,(H,11,12). The molecule has 3 nitrogen and oxygen atoms in total. The number of hydroxylamine groups is 1. The Morgan fingerprint density at radius 3 is 2.54 bits per heavy atom. The molecule has 6 heteroatoms. The third-order valence-corrected chi connectivity index (χ3v) is 1.96. The molecule has 1 rings (SSSR count). The van der Waals surface area contributed by atoms with Crippen molar-refractivity contribution in [3.05, 3.63) is 33.6 Å². The van der Waals surface area contributed by atoms with Crippen molar-refractivity contribution in [1.82, 2.24) is 5.48 Å². The van der Waals surface area contributed by atoms with Gasteiger partial charge in [0, 0.05) is 0 Å². The summed E-state index contributed by atoms with van der Waals surface area (Å²) >= 11 is 10.9. The van der Waals surface area contributed by atoms with Crippen molar-refractivity contribution in [2.75, 3.05) is 0 Å². The second kappa shape index (κ2) is 3.91. The summed E-state index contributed by atoms with van der Waals surface area (Å²) < 4.78 is 12.8. The molecule has 0 spiro atoms. The molecule has 13 heavy (non-hydrogen) atoms. The highest BCUT2D eigenvalue weighted by molar-refractivity contribution is 6.36. The van der Waals surface area contributed by atoms with Gasteiger partial charge < -0.3 is 0 Å². The van der Waals surface area contributed by atoms with Gasteiger partial charge in [0.25, 0.3) is 5.91 Å². The number of benzene rings is 1. The summed E-state index contributed by atoms with van der Waals surface area (Å²) in [6.45, 7) is 0. The summed E-state index contributed by atoms with van der Waals surface area (Å²) in [7, 11) is 0. The van der Waals surface area contributed by atoms with Crippen molar-refractivity contribution < 1.29 is 14.4 Å². The second-order valence-electron chi connectivity index (χ2n) is 2.19. The molecule has 0 aromatic heterocycles. The van der Waals surface area contributed by atoms with Crippen LogP contribution >= 0.6 is 23.2 Å². The lowest BCUT2D eigenvalue weighted by Crippen LogP contribution is -2.19. The van der Waals surface area contributed by atoms with Crippen molar-refractivity contribution >= 4 is 29.1 Å². The zero-order valence-corrected chi connectivity index (χ0v) is 7.66. The van der Waals surface area contributed by atoms with E-state index >= 15 is 0 Å². The molecule has 0 aliphatic rings. The van der Waals surface area contributed by atoms with E-state index in [1.54, 1.807) is 0 Å². The van der Waals surface area contributed by atoms with E-state index in [2.05, 4.69) is 0 Å². The van der Waals surface area contributed by atoms with Gasteiger partial charge in [0.1, 0.15) is 5.82 Å². The van der Waals surface area contributed by atoms with Gasteiger partial charge in [-0.25, -0.2) is 9.87 Å². The first-order valence-corrected chi connectivity index (χ1v) is 3.91. The fourth-order valence-corrected chi connectivity index (χ4v) is 1.23. The Bertz CT molecular complexity index is 357. The third-order valence-electron chi connectivity index (χ3n) is 1.36. The van der Waals surface area contributed by atoms with Gasteiger partial charge in [-0.2, -0.15) is 0 Å². The molecular weight excluding hydrogens is 220 g/mol. The topological polar surface area (TPSA) is 49.3 Å². The van der Waals surface area contributed by atoms with Crippen molar-refractivity contribution in [2.45, 2.75) is 0 Å². The van der Waals surface area contributed by atoms with Gasteiger partial charge >= 0.3 is 0 Å². The monoisotopic (exact) mass is 223 g/mol. The van der Waals surface area contributed by atoms with Crippen molar-refractivity contribution in [3.63, 3.8) is 0 Å². The van der Waals surface area contributed by atoms with E-state index in [1.807, 2.05) is 0 Å². The van der Waals surface area contributed by atoms with Crippen LogP contribution in [0.4, 0.5) is 4.39 Å². The van der Waals surface area contributed by atoms with E-state index in [4.69, 9.17) is 28.4 Å². The summed E-state index contributed by atoms with van der Waals surface area (Å²) in [4.78, 5) is 10.8. The zero-order valence-electron chi connectivity index (χ0n) is 6.14. The zero-order chi connectivity index (χ0) is 10.0. The number of amides is 1. The van der Waals surface area contributed by atoms with Crippen LogP contribution in [0.2, 0.25) is 10.0 Å². The fourth-order valence-electron chi connectivity index (χ4n) is 0.757.